The van der Waals surface area contributed by atoms with Crippen molar-refractivity contribution in [3.63, 3.8) is 0 Å². The fraction of sp³-hybridized carbons (Fsp3) is 0.905. The van der Waals surface area contributed by atoms with Crippen molar-refractivity contribution in [2.75, 3.05) is 13.2 Å². The summed E-state index contributed by atoms with van der Waals surface area (Å²) in [4.78, 5) is 22.2. The van der Waals surface area contributed by atoms with Crippen LogP contribution >= 0.6 is 0 Å². The quantitative estimate of drug-likeness (QED) is 0.572. The van der Waals surface area contributed by atoms with Gasteiger partial charge in [-0.2, -0.15) is 0 Å². The maximum absolute atomic E-state index is 11.1. The Morgan fingerprint density at radius 3 is 1.59 bits per heavy atom. The average molecular weight is 380 g/mol. The molecule has 0 aromatic rings. The van der Waals surface area contributed by atoms with E-state index in [4.69, 9.17) is 18.9 Å². The summed E-state index contributed by atoms with van der Waals surface area (Å²) in [6.45, 7) is 3.09. The van der Waals surface area contributed by atoms with Gasteiger partial charge in [-0.05, 0) is 43.4 Å². The van der Waals surface area contributed by atoms with Crippen LogP contribution in [0.5, 0.6) is 0 Å². The summed E-state index contributed by atoms with van der Waals surface area (Å²) in [7, 11) is 0. The number of carbonyl (C=O) groups is 2. The van der Waals surface area contributed by atoms with Crippen molar-refractivity contribution in [1.29, 1.82) is 0 Å². The van der Waals surface area contributed by atoms with Gasteiger partial charge in [-0.15, -0.1) is 0 Å². The largest absolute Gasteiger partial charge is 0.445 e. The topological polar surface area (TPSA) is 77.7 Å². The van der Waals surface area contributed by atoms with E-state index in [0.29, 0.717) is 31.0 Å². The third-order valence-electron chi connectivity index (χ3n) is 6.93. The van der Waals surface area contributed by atoms with Crippen LogP contribution in [0.3, 0.4) is 0 Å². The van der Waals surface area contributed by atoms with Crippen molar-refractivity contribution in [2.24, 2.45) is 17.8 Å². The number of rotatable bonds is 9. The van der Waals surface area contributed by atoms with E-state index in [2.05, 4.69) is 6.92 Å². The first kappa shape index (κ1) is 19.2. The first-order valence-corrected chi connectivity index (χ1v) is 10.8. The Morgan fingerprint density at radius 2 is 1.22 bits per heavy atom. The van der Waals surface area contributed by atoms with Crippen LogP contribution in [0.4, 0.5) is 0 Å². The summed E-state index contributed by atoms with van der Waals surface area (Å²) in [5.74, 6) is 1.34. The third kappa shape index (κ3) is 4.65. The Bertz CT molecular complexity index is 503. The van der Waals surface area contributed by atoms with Gasteiger partial charge in [0.15, 0.2) is 0 Å². The molecule has 2 heterocycles. The minimum atomic E-state index is -0.325. The minimum absolute atomic E-state index is 0.132. The number of carbonyl (C=O) groups excluding carboxylic acids is 2. The van der Waals surface area contributed by atoms with E-state index in [1.807, 2.05) is 0 Å². The van der Waals surface area contributed by atoms with Crippen molar-refractivity contribution in [1.82, 2.24) is 0 Å². The Balaban J connectivity index is 1.38. The van der Waals surface area contributed by atoms with Crippen molar-refractivity contribution < 1.29 is 28.5 Å². The van der Waals surface area contributed by atoms with E-state index in [-0.39, 0.29) is 36.4 Å². The zero-order chi connectivity index (χ0) is 18.8. The molecule has 0 radical (unpaired) electrons. The molecule has 6 unspecified atom stereocenters. The summed E-state index contributed by atoms with van der Waals surface area (Å²) < 4.78 is 22.2. The molecule has 0 N–H and O–H groups in total. The lowest BCUT2D eigenvalue weighted by atomic mass is 9.66. The molecular formula is C21H32O6. The summed E-state index contributed by atoms with van der Waals surface area (Å²) >= 11 is 0. The molecule has 4 fully saturated rings. The maximum atomic E-state index is 11.1. The summed E-state index contributed by atoms with van der Waals surface area (Å²) in [6.07, 6.45) is 10.3. The molecule has 2 saturated carbocycles. The highest BCUT2D eigenvalue weighted by Gasteiger charge is 2.44. The molecule has 152 valence electrons. The normalized spacial score (nSPS) is 39.4. The Kier molecular flexibility index (Phi) is 6.02. The van der Waals surface area contributed by atoms with Crippen LogP contribution in [-0.4, -0.2) is 49.6 Å². The molecule has 6 nitrogen and oxygen atoms in total. The monoisotopic (exact) mass is 380 g/mol. The van der Waals surface area contributed by atoms with Gasteiger partial charge >= 0.3 is 11.9 Å². The molecule has 0 aromatic heterocycles. The molecule has 6 heteroatoms. The molecule has 0 bridgehead atoms. The fourth-order valence-electron chi connectivity index (χ4n) is 5.41. The lowest BCUT2D eigenvalue weighted by Gasteiger charge is -2.44. The van der Waals surface area contributed by atoms with E-state index in [1.165, 1.54) is 38.5 Å². The standard InChI is InChI=1S/C21H32O6/c1-2-13(14-7-3-5-9-16(14)24-11-18-20(22)26-18)15-8-4-6-10-17(15)25-12-19-21(23)27-19/h13-19H,2-12H2,1H3. The zero-order valence-corrected chi connectivity index (χ0v) is 16.3. The first-order chi connectivity index (χ1) is 13.2. The molecule has 4 rings (SSSR count). The van der Waals surface area contributed by atoms with Gasteiger partial charge in [-0.1, -0.05) is 39.0 Å². The third-order valence-corrected chi connectivity index (χ3v) is 6.93. The van der Waals surface area contributed by atoms with Gasteiger partial charge in [0, 0.05) is 0 Å². The molecule has 0 spiro atoms. The molecule has 2 aliphatic carbocycles. The lowest BCUT2D eigenvalue weighted by molar-refractivity contribution is -0.118. The number of ether oxygens (including phenoxy) is 4. The van der Waals surface area contributed by atoms with E-state index in [1.54, 1.807) is 0 Å². The maximum Gasteiger partial charge on any atom is 0.350 e. The lowest BCUT2D eigenvalue weighted by Crippen LogP contribution is -2.42. The van der Waals surface area contributed by atoms with Crippen LogP contribution in [-0.2, 0) is 28.5 Å². The fourth-order valence-corrected chi connectivity index (χ4v) is 5.41. The SMILES string of the molecule is CCC(C1CCCCC1OCC1OC1=O)C1CCCCC1OCC1OC1=O. The molecule has 0 amide bonds. The molecular weight excluding hydrogens is 348 g/mol. The van der Waals surface area contributed by atoms with Gasteiger partial charge in [0.2, 0.25) is 12.2 Å². The van der Waals surface area contributed by atoms with E-state index < -0.39 is 0 Å². The number of hydrogen-bond donors (Lipinski definition) is 0. The molecule has 2 saturated heterocycles. The highest BCUT2D eigenvalue weighted by molar-refractivity contribution is 5.87. The minimum Gasteiger partial charge on any atom is -0.445 e. The summed E-state index contributed by atoms with van der Waals surface area (Å²) in [5.41, 5.74) is 0. The zero-order valence-electron chi connectivity index (χ0n) is 16.3. The van der Waals surface area contributed by atoms with E-state index >= 15 is 0 Å². The van der Waals surface area contributed by atoms with Crippen LogP contribution in [0, 0.1) is 17.8 Å². The average Bonchev–Trinajstić information content (AvgIpc) is 3.59. The summed E-state index contributed by atoms with van der Waals surface area (Å²) in [6, 6.07) is 0. The van der Waals surface area contributed by atoms with Crippen molar-refractivity contribution in [3.8, 4) is 0 Å². The van der Waals surface area contributed by atoms with Crippen LogP contribution in [0.15, 0.2) is 0 Å². The predicted molar refractivity (Wildman–Crippen MR) is 96.9 cm³/mol. The van der Waals surface area contributed by atoms with Gasteiger partial charge in [-0.25, -0.2) is 9.59 Å². The highest BCUT2D eigenvalue weighted by atomic mass is 16.7. The second-order valence-corrected chi connectivity index (χ2v) is 8.56. The Labute approximate surface area is 161 Å². The first-order valence-electron chi connectivity index (χ1n) is 10.8. The molecule has 0 aromatic carbocycles. The van der Waals surface area contributed by atoms with Gasteiger partial charge in [0.1, 0.15) is 0 Å². The smallest absolute Gasteiger partial charge is 0.350 e. The second-order valence-electron chi connectivity index (χ2n) is 8.56. The van der Waals surface area contributed by atoms with Gasteiger partial charge in [-0.3, -0.25) is 0 Å². The van der Waals surface area contributed by atoms with Crippen LogP contribution in [0.25, 0.3) is 0 Å². The van der Waals surface area contributed by atoms with Crippen molar-refractivity contribution >= 4 is 11.9 Å². The van der Waals surface area contributed by atoms with Crippen LogP contribution in [0.2, 0.25) is 0 Å². The van der Waals surface area contributed by atoms with E-state index in [9.17, 15) is 9.59 Å². The Hall–Kier alpha value is -1.14. The van der Waals surface area contributed by atoms with Crippen LogP contribution < -0.4 is 0 Å². The Morgan fingerprint density at radius 1 is 0.815 bits per heavy atom. The second kappa shape index (κ2) is 8.48. The number of hydrogen-bond acceptors (Lipinski definition) is 6. The van der Waals surface area contributed by atoms with Crippen molar-refractivity contribution in [2.45, 2.75) is 89.1 Å². The van der Waals surface area contributed by atoms with Gasteiger partial charge in [0.25, 0.3) is 0 Å². The molecule has 2 aliphatic heterocycles. The molecule has 6 atom stereocenters. The van der Waals surface area contributed by atoms with Gasteiger partial charge in [0.05, 0.1) is 25.4 Å². The highest BCUT2D eigenvalue weighted by Crippen LogP contribution is 2.44. The molecule has 4 aliphatic rings. The van der Waals surface area contributed by atoms with E-state index in [0.717, 1.165) is 19.3 Å². The molecule has 27 heavy (non-hydrogen) atoms. The van der Waals surface area contributed by atoms with Crippen LogP contribution in [0.1, 0.15) is 64.7 Å². The summed E-state index contributed by atoms with van der Waals surface area (Å²) in [5, 5.41) is 0. The number of cyclic esters (lactones) is 2. The van der Waals surface area contributed by atoms with Gasteiger partial charge < -0.3 is 18.9 Å². The van der Waals surface area contributed by atoms with Crippen molar-refractivity contribution in [3.05, 3.63) is 0 Å². The number of epoxide rings is 2. The predicted octanol–water partition coefficient (Wildman–Crippen LogP) is 3.01.